The van der Waals surface area contributed by atoms with E-state index < -0.39 is 0 Å². The van der Waals surface area contributed by atoms with Gasteiger partial charge in [0.15, 0.2) is 0 Å². The van der Waals surface area contributed by atoms with Gasteiger partial charge in [-0.2, -0.15) is 4.98 Å². The van der Waals surface area contributed by atoms with Crippen LogP contribution in [0.4, 0.5) is 5.69 Å². The van der Waals surface area contributed by atoms with Crippen molar-refractivity contribution in [1.82, 2.24) is 24.8 Å². The molecule has 152 valence electrons. The molecule has 2 N–H and O–H groups in total. The van der Waals surface area contributed by atoms with Gasteiger partial charge in [-0.25, -0.2) is 4.98 Å². The lowest BCUT2D eigenvalue weighted by molar-refractivity contribution is 0.102. The summed E-state index contributed by atoms with van der Waals surface area (Å²) in [4.78, 5) is 21.7. The van der Waals surface area contributed by atoms with E-state index in [1.165, 1.54) is 0 Å². The molecule has 0 spiro atoms. The molecule has 1 fully saturated rings. The number of pyridine rings is 1. The standard InChI is InChI=1S/C22H22N6O2/c1-14-5-6-16(21-26-20(30-27-21)10-15-7-8-23-12-15)11-17(14)25-22(29)18-13-24-19-4-2-3-9-28(18)19/h2-6,9,11,13,15,23H,7-8,10,12H2,1H3,(H,25,29). The molecule has 1 aliphatic rings. The smallest absolute Gasteiger partial charge is 0.274 e. The summed E-state index contributed by atoms with van der Waals surface area (Å²) in [6, 6.07) is 11.4. The quantitative estimate of drug-likeness (QED) is 0.532. The Hall–Kier alpha value is -3.52. The van der Waals surface area contributed by atoms with Crippen LogP contribution in [0.2, 0.25) is 0 Å². The number of hydrogen-bond acceptors (Lipinski definition) is 6. The average molecular weight is 402 g/mol. The minimum Gasteiger partial charge on any atom is -0.339 e. The number of aromatic nitrogens is 4. The topological polar surface area (TPSA) is 97.4 Å². The summed E-state index contributed by atoms with van der Waals surface area (Å²) in [5.41, 5.74) is 3.65. The molecule has 4 aromatic rings. The average Bonchev–Trinajstić information content (AvgIpc) is 3.50. The van der Waals surface area contributed by atoms with Gasteiger partial charge in [0.05, 0.1) is 6.20 Å². The summed E-state index contributed by atoms with van der Waals surface area (Å²) >= 11 is 0. The molecule has 0 bridgehead atoms. The van der Waals surface area contributed by atoms with Gasteiger partial charge >= 0.3 is 0 Å². The maximum absolute atomic E-state index is 12.9. The SMILES string of the molecule is Cc1ccc(-c2noc(CC3CCNC3)n2)cc1NC(=O)c1cnc2ccccn12. The second-order valence-electron chi connectivity index (χ2n) is 7.63. The summed E-state index contributed by atoms with van der Waals surface area (Å²) in [5.74, 6) is 1.49. The molecular weight excluding hydrogens is 380 g/mol. The maximum Gasteiger partial charge on any atom is 0.274 e. The van der Waals surface area contributed by atoms with Crippen LogP contribution in [-0.4, -0.2) is 38.5 Å². The molecule has 8 nitrogen and oxygen atoms in total. The Morgan fingerprint density at radius 2 is 2.27 bits per heavy atom. The highest BCUT2D eigenvalue weighted by molar-refractivity contribution is 6.04. The first-order chi connectivity index (χ1) is 14.7. The number of carbonyl (C=O) groups excluding carboxylic acids is 1. The number of nitrogens with one attached hydrogen (secondary N) is 2. The number of imidazole rings is 1. The third-order valence-corrected chi connectivity index (χ3v) is 5.49. The van der Waals surface area contributed by atoms with Crippen molar-refractivity contribution in [2.45, 2.75) is 19.8 Å². The van der Waals surface area contributed by atoms with Crippen molar-refractivity contribution in [1.29, 1.82) is 0 Å². The minimum atomic E-state index is -0.225. The monoisotopic (exact) mass is 402 g/mol. The van der Waals surface area contributed by atoms with Crippen LogP contribution in [0.5, 0.6) is 0 Å². The molecule has 1 amide bonds. The molecule has 8 heteroatoms. The van der Waals surface area contributed by atoms with E-state index in [2.05, 4.69) is 25.8 Å². The number of fused-ring (bicyclic) bond motifs is 1. The molecule has 1 aliphatic heterocycles. The van der Waals surface area contributed by atoms with Crippen LogP contribution in [0.15, 0.2) is 53.3 Å². The van der Waals surface area contributed by atoms with Crippen molar-refractivity contribution in [3.8, 4) is 11.4 Å². The number of hydrogen-bond donors (Lipinski definition) is 2. The highest BCUT2D eigenvalue weighted by Gasteiger charge is 2.19. The largest absolute Gasteiger partial charge is 0.339 e. The molecule has 0 aliphatic carbocycles. The number of nitrogens with zero attached hydrogens (tertiary/aromatic N) is 4. The van der Waals surface area contributed by atoms with E-state index in [4.69, 9.17) is 4.52 Å². The van der Waals surface area contributed by atoms with Gasteiger partial charge in [-0.05, 0) is 56.1 Å². The summed E-state index contributed by atoms with van der Waals surface area (Å²) in [6.45, 7) is 3.98. The Morgan fingerprint density at radius 3 is 3.13 bits per heavy atom. The lowest BCUT2D eigenvalue weighted by Crippen LogP contribution is -2.15. The lowest BCUT2D eigenvalue weighted by Gasteiger charge is -2.09. The van der Waals surface area contributed by atoms with Crippen molar-refractivity contribution in [2.24, 2.45) is 5.92 Å². The van der Waals surface area contributed by atoms with Crippen LogP contribution in [0, 0.1) is 12.8 Å². The van der Waals surface area contributed by atoms with E-state index in [1.807, 2.05) is 49.5 Å². The van der Waals surface area contributed by atoms with Crippen LogP contribution >= 0.6 is 0 Å². The van der Waals surface area contributed by atoms with Gasteiger partial charge in [0.1, 0.15) is 11.3 Å². The van der Waals surface area contributed by atoms with Crippen molar-refractivity contribution < 1.29 is 9.32 Å². The Labute approximate surface area is 173 Å². The highest BCUT2D eigenvalue weighted by Crippen LogP contribution is 2.25. The van der Waals surface area contributed by atoms with E-state index in [-0.39, 0.29) is 5.91 Å². The second kappa shape index (κ2) is 7.72. The van der Waals surface area contributed by atoms with Gasteiger partial charge in [-0.15, -0.1) is 0 Å². The first kappa shape index (κ1) is 18.5. The second-order valence-corrected chi connectivity index (χ2v) is 7.63. The van der Waals surface area contributed by atoms with Crippen LogP contribution in [-0.2, 0) is 6.42 Å². The van der Waals surface area contributed by atoms with Gasteiger partial charge in [0.2, 0.25) is 11.7 Å². The highest BCUT2D eigenvalue weighted by atomic mass is 16.5. The Bertz CT molecular complexity index is 1210. The van der Waals surface area contributed by atoms with Crippen LogP contribution in [0.1, 0.15) is 28.4 Å². The van der Waals surface area contributed by atoms with E-state index in [9.17, 15) is 4.79 Å². The van der Waals surface area contributed by atoms with Gasteiger partial charge in [0, 0.05) is 23.9 Å². The lowest BCUT2D eigenvalue weighted by atomic mass is 10.1. The van der Waals surface area contributed by atoms with Crippen molar-refractivity contribution in [2.75, 3.05) is 18.4 Å². The van der Waals surface area contributed by atoms with Gasteiger partial charge < -0.3 is 15.2 Å². The summed E-state index contributed by atoms with van der Waals surface area (Å²) < 4.78 is 7.21. The molecule has 1 unspecified atom stereocenters. The number of carbonyl (C=O) groups is 1. The van der Waals surface area contributed by atoms with Crippen molar-refractivity contribution in [3.63, 3.8) is 0 Å². The Morgan fingerprint density at radius 1 is 1.33 bits per heavy atom. The molecule has 30 heavy (non-hydrogen) atoms. The summed E-state index contributed by atoms with van der Waals surface area (Å²) in [7, 11) is 0. The fraction of sp³-hybridized carbons (Fsp3) is 0.273. The molecule has 4 heterocycles. The number of anilines is 1. The summed E-state index contributed by atoms with van der Waals surface area (Å²) in [6.07, 6.45) is 5.31. The number of aryl methyl sites for hydroxylation is 1. The van der Waals surface area contributed by atoms with Crippen molar-refractivity contribution >= 4 is 17.2 Å². The van der Waals surface area contributed by atoms with Gasteiger partial charge in [-0.3, -0.25) is 9.20 Å². The zero-order valence-corrected chi connectivity index (χ0v) is 16.6. The molecule has 0 saturated carbocycles. The van der Waals surface area contributed by atoms with Crippen LogP contribution in [0.25, 0.3) is 17.0 Å². The third kappa shape index (κ3) is 3.57. The zero-order chi connectivity index (χ0) is 20.5. The number of benzene rings is 1. The molecule has 1 atom stereocenters. The van der Waals surface area contributed by atoms with E-state index >= 15 is 0 Å². The fourth-order valence-corrected chi connectivity index (χ4v) is 3.77. The fourth-order valence-electron chi connectivity index (χ4n) is 3.77. The molecule has 3 aromatic heterocycles. The first-order valence-electron chi connectivity index (χ1n) is 10.0. The normalized spacial score (nSPS) is 16.2. The van der Waals surface area contributed by atoms with Crippen LogP contribution < -0.4 is 10.6 Å². The number of rotatable bonds is 5. The van der Waals surface area contributed by atoms with Gasteiger partial charge in [-0.1, -0.05) is 23.4 Å². The Balaban J connectivity index is 1.37. The van der Waals surface area contributed by atoms with E-state index in [0.717, 1.165) is 42.7 Å². The van der Waals surface area contributed by atoms with E-state index in [0.29, 0.717) is 29.0 Å². The molecule has 5 rings (SSSR count). The summed E-state index contributed by atoms with van der Waals surface area (Å²) in [5, 5.41) is 10.5. The van der Waals surface area contributed by atoms with Crippen LogP contribution in [0.3, 0.4) is 0 Å². The van der Waals surface area contributed by atoms with Gasteiger partial charge in [0.25, 0.3) is 5.91 Å². The minimum absolute atomic E-state index is 0.225. The Kier molecular flexibility index (Phi) is 4.76. The first-order valence-corrected chi connectivity index (χ1v) is 10.0. The molecule has 0 radical (unpaired) electrons. The predicted molar refractivity (Wildman–Crippen MR) is 112 cm³/mol. The maximum atomic E-state index is 12.9. The predicted octanol–water partition coefficient (Wildman–Crippen LogP) is 3.10. The van der Waals surface area contributed by atoms with E-state index in [1.54, 1.807) is 10.6 Å². The third-order valence-electron chi connectivity index (χ3n) is 5.49. The number of amides is 1. The molecular formula is C22H22N6O2. The zero-order valence-electron chi connectivity index (χ0n) is 16.6. The molecule has 1 saturated heterocycles. The van der Waals surface area contributed by atoms with Crippen molar-refractivity contribution in [3.05, 3.63) is 65.9 Å². The molecule has 1 aromatic carbocycles.